The van der Waals surface area contributed by atoms with E-state index < -0.39 is 18.1 Å². The fourth-order valence-electron chi connectivity index (χ4n) is 2.78. The molecule has 1 amide bonds. The van der Waals surface area contributed by atoms with Crippen molar-refractivity contribution in [1.29, 1.82) is 0 Å². The van der Waals surface area contributed by atoms with Crippen molar-refractivity contribution in [2.24, 2.45) is 11.8 Å². The Morgan fingerprint density at radius 3 is 2.72 bits per heavy atom. The van der Waals surface area contributed by atoms with Crippen LogP contribution in [0.2, 0.25) is 0 Å². The average Bonchev–Trinajstić information content (AvgIpc) is 2.65. The molecule has 3 unspecified atom stereocenters. The molecule has 1 aromatic carbocycles. The summed E-state index contributed by atoms with van der Waals surface area (Å²) in [6.45, 7) is 0.151. The van der Waals surface area contributed by atoms with Crippen molar-refractivity contribution in [2.45, 2.75) is 19.1 Å². The summed E-state index contributed by atoms with van der Waals surface area (Å²) in [7, 11) is 1.32. The number of aldehydes is 1. The van der Waals surface area contributed by atoms with E-state index in [0.29, 0.717) is 12.7 Å². The van der Waals surface area contributed by atoms with Gasteiger partial charge in [-0.2, -0.15) is 0 Å². The van der Waals surface area contributed by atoms with Crippen LogP contribution in [0, 0.1) is 11.8 Å². The lowest BCUT2D eigenvalue weighted by Crippen LogP contribution is -2.45. The lowest BCUT2D eigenvalue weighted by atomic mass is 9.79. The molecular weight excluding hydrogens is 322 g/mol. The van der Waals surface area contributed by atoms with Gasteiger partial charge in [0.15, 0.2) is 0 Å². The number of hydrogen-bond donors (Lipinski definition) is 1. The number of hydrogen-bond acceptors (Lipinski definition) is 5. The van der Waals surface area contributed by atoms with Crippen LogP contribution in [0.15, 0.2) is 54.6 Å². The smallest absolute Gasteiger partial charge is 0.407 e. The van der Waals surface area contributed by atoms with Crippen LogP contribution in [0.1, 0.15) is 12.0 Å². The van der Waals surface area contributed by atoms with Crippen LogP contribution < -0.4 is 5.32 Å². The van der Waals surface area contributed by atoms with Crippen molar-refractivity contribution in [2.75, 3.05) is 7.11 Å². The number of alkyl carbamates (subject to hydrolysis) is 1. The summed E-state index contributed by atoms with van der Waals surface area (Å²) in [5.41, 5.74) is 0.877. The topological polar surface area (TPSA) is 81.7 Å². The number of rotatable bonds is 6. The molecule has 2 rings (SSSR count). The number of ether oxygens (including phenoxy) is 2. The third kappa shape index (κ3) is 5.31. The third-order valence-electron chi connectivity index (χ3n) is 4.03. The summed E-state index contributed by atoms with van der Waals surface area (Å²) in [6.07, 6.45) is 7.07. The molecule has 0 heterocycles. The number of esters is 1. The molecule has 132 valence electrons. The van der Waals surface area contributed by atoms with Crippen molar-refractivity contribution in [1.82, 2.24) is 5.32 Å². The minimum Gasteiger partial charge on any atom is -0.469 e. The molecule has 0 aliphatic heterocycles. The maximum atomic E-state index is 12.1. The van der Waals surface area contributed by atoms with Gasteiger partial charge in [-0.05, 0) is 18.1 Å². The molecule has 0 radical (unpaired) electrons. The maximum Gasteiger partial charge on any atom is 0.407 e. The van der Waals surface area contributed by atoms with Gasteiger partial charge in [0, 0.05) is 5.92 Å². The van der Waals surface area contributed by atoms with Gasteiger partial charge >= 0.3 is 12.1 Å². The summed E-state index contributed by atoms with van der Waals surface area (Å²) in [5.74, 6) is -1.23. The van der Waals surface area contributed by atoms with Crippen molar-refractivity contribution in [3.05, 3.63) is 60.2 Å². The Morgan fingerprint density at radius 2 is 2.04 bits per heavy atom. The lowest BCUT2D eigenvalue weighted by Gasteiger charge is -2.31. The minimum atomic E-state index is -0.589. The molecule has 0 aromatic heterocycles. The number of methoxy groups -OCH3 is 1. The normalized spacial score (nSPS) is 22.4. The van der Waals surface area contributed by atoms with Gasteiger partial charge in [0.2, 0.25) is 0 Å². The Morgan fingerprint density at radius 1 is 1.28 bits per heavy atom. The Kier molecular flexibility index (Phi) is 6.95. The number of nitrogens with one attached hydrogen (secondary N) is 1. The van der Waals surface area contributed by atoms with E-state index in [1.807, 2.05) is 36.4 Å². The van der Waals surface area contributed by atoms with Gasteiger partial charge in [-0.15, -0.1) is 0 Å². The molecule has 6 nitrogen and oxygen atoms in total. The molecule has 6 heteroatoms. The van der Waals surface area contributed by atoms with Crippen LogP contribution in [-0.2, 0) is 25.7 Å². The fraction of sp³-hybridized carbons (Fsp3) is 0.316. The fourth-order valence-corrected chi connectivity index (χ4v) is 2.78. The predicted octanol–water partition coefficient (Wildman–Crippen LogP) is 2.40. The van der Waals surface area contributed by atoms with Crippen LogP contribution in [0.25, 0.3) is 0 Å². The number of allylic oxidation sites excluding steroid dienone is 2. The second kappa shape index (κ2) is 9.42. The number of amides is 1. The molecule has 1 aliphatic rings. The number of benzene rings is 1. The molecular formula is C19H21NO5. The SMILES string of the molecule is COC(=O)C1CC=CC(NC(=O)OCc2ccccc2)C1C=CC=O. The summed E-state index contributed by atoms with van der Waals surface area (Å²) in [4.78, 5) is 34.7. The Labute approximate surface area is 146 Å². The van der Waals surface area contributed by atoms with Gasteiger partial charge < -0.3 is 14.8 Å². The predicted molar refractivity (Wildman–Crippen MR) is 91.5 cm³/mol. The summed E-state index contributed by atoms with van der Waals surface area (Å²) in [6, 6.07) is 8.86. The van der Waals surface area contributed by atoms with Crippen LogP contribution in [-0.4, -0.2) is 31.5 Å². The molecule has 25 heavy (non-hydrogen) atoms. The first kappa shape index (κ1) is 18.4. The van der Waals surface area contributed by atoms with E-state index in [1.165, 1.54) is 13.2 Å². The van der Waals surface area contributed by atoms with E-state index in [9.17, 15) is 14.4 Å². The maximum absolute atomic E-state index is 12.1. The zero-order valence-corrected chi connectivity index (χ0v) is 14.0. The average molecular weight is 343 g/mol. The first-order valence-electron chi connectivity index (χ1n) is 7.99. The lowest BCUT2D eigenvalue weighted by molar-refractivity contribution is -0.147. The molecule has 0 saturated carbocycles. The molecule has 0 saturated heterocycles. The van der Waals surface area contributed by atoms with Crippen molar-refractivity contribution in [3.8, 4) is 0 Å². The third-order valence-corrected chi connectivity index (χ3v) is 4.03. The van der Waals surface area contributed by atoms with Crippen LogP contribution in [0.3, 0.4) is 0 Å². The Hall–Kier alpha value is -2.89. The van der Waals surface area contributed by atoms with Gasteiger partial charge in [-0.25, -0.2) is 4.79 Å². The van der Waals surface area contributed by atoms with Crippen molar-refractivity contribution < 1.29 is 23.9 Å². The largest absolute Gasteiger partial charge is 0.469 e. The zero-order valence-electron chi connectivity index (χ0n) is 14.0. The van der Waals surface area contributed by atoms with Crippen LogP contribution in [0.5, 0.6) is 0 Å². The number of carbonyl (C=O) groups is 3. The quantitative estimate of drug-likeness (QED) is 0.371. The van der Waals surface area contributed by atoms with Gasteiger partial charge in [0.1, 0.15) is 12.9 Å². The Balaban J connectivity index is 2.01. The molecule has 1 aromatic rings. The van der Waals surface area contributed by atoms with Gasteiger partial charge in [0.25, 0.3) is 0 Å². The van der Waals surface area contributed by atoms with E-state index in [4.69, 9.17) is 9.47 Å². The molecule has 1 N–H and O–H groups in total. The summed E-state index contributed by atoms with van der Waals surface area (Å²) >= 11 is 0. The molecule has 3 atom stereocenters. The standard InChI is InChI=1S/C19H21NO5/c1-24-18(22)16-9-5-11-17(15(16)10-6-12-21)20-19(23)25-13-14-7-3-2-4-8-14/h2-8,10-12,15-17H,9,13H2,1H3,(H,20,23). The van der Waals surface area contributed by atoms with Gasteiger partial charge in [-0.3, -0.25) is 9.59 Å². The second-order valence-corrected chi connectivity index (χ2v) is 5.62. The van der Waals surface area contributed by atoms with E-state index in [-0.39, 0.29) is 18.5 Å². The van der Waals surface area contributed by atoms with Crippen molar-refractivity contribution >= 4 is 18.3 Å². The second-order valence-electron chi connectivity index (χ2n) is 5.62. The van der Waals surface area contributed by atoms with E-state index in [2.05, 4.69) is 5.32 Å². The van der Waals surface area contributed by atoms with E-state index in [0.717, 1.165) is 5.56 Å². The van der Waals surface area contributed by atoms with Gasteiger partial charge in [0.05, 0.1) is 19.1 Å². The highest BCUT2D eigenvalue weighted by molar-refractivity contribution is 5.75. The number of carbonyl (C=O) groups excluding carboxylic acids is 3. The van der Waals surface area contributed by atoms with Crippen LogP contribution in [0.4, 0.5) is 4.79 Å². The van der Waals surface area contributed by atoms with Crippen LogP contribution >= 0.6 is 0 Å². The zero-order chi connectivity index (χ0) is 18.1. The monoisotopic (exact) mass is 343 g/mol. The molecule has 0 spiro atoms. The van der Waals surface area contributed by atoms with E-state index in [1.54, 1.807) is 12.2 Å². The molecule has 1 aliphatic carbocycles. The van der Waals surface area contributed by atoms with E-state index >= 15 is 0 Å². The van der Waals surface area contributed by atoms with Gasteiger partial charge in [-0.1, -0.05) is 48.6 Å². The Bertz CT molecular complexity index is 653. The summed E-state index contributed by atoms with van der Waals surface area (Å²) < 4.78 is 10.0. The molecule has 0 bridgehead atoms. The first-order chi connectivity index (χ1) is 12.2. The molecule has 0 fully saturated rings. The highest BCUT2D eigenvalue weighted by atomic mass is 16.5. The summed E-state index contributed by atoms with van der Waals surface area (Å²) in [5, 5.41) is 2.73. The minimum absolute atomic E-state index is 0.151. The first-order valence-corrected chi connectivity index (χ1v) is 7.99. The van der Waals surface area contributed by atoms with Crippen molar-refractivity contribution in [3.63, 3.8) is 0 Å². The highest BCUT2D eigenvalue weighted by Gasteiger charge is 2.35. The highest BCUT2D eigenvalue weighted by Crippen LogP contribution is 2.28.